The van der Waals surface area contributed by atoms with Crippen LogP contribution in [0.25, 0.3) is 0 Å². The fourth-order valence-corrected chi connectivity index (χ4v) is 2.68. The van der Waals surface area contributed by atoms with E-state index in [1.807, 2.05) is 18.2 Å². The summed E-state index contributed by atoms with van der Waals surface area (Å²) in [6.07, 6.45) is 1.81. The highest BCUT2D eigenvalue weighted by Gasteiger charge is 2.15. The number of benzene rings is 2. The molecule has 112 valence electrons. The van der Waals surface area contributed by atoms with Crippen molar-refractivity contribution >= 4 is 11.6 Å². The average molecular weight is 305 g/mol. The van der Waals surface area contributed by atoms with E-state index in [0.29, 0.717) is 5.02 Å². The topological polar surface area (TPSA) is 47.3 Å². The Morgan fingerprint density at radius 3 is 2.67 bits per heavy atom. The van der Waals surface area contributed by atoms with Gasteiger partial charge in [-0.25, -0.2) is 0 Å². The van der Waals surface area contributed by atoms with Crippen molar-refractivity contribution in [2.24, 2.45) is 5.84 Å². The maximum Gasteiger partial charge on any atom is 0.123 e. The molecule has 0 spiro atoms. The van der Waals surface area contributed by atoms with Crippen LogP contribution in [0.5, 0.6) is 5.75 Å². The van der Waals surface area contributed by atoms with Crippen molar-refractivity contribution in [1.29, 1.82) is 0 Å². The number of nitrogens with one attached hydrogen (secondary N) is 1. The molecule has 0 saturated carbocycles. The lowest BCUT2D eigenvalue weighted by Crippen LogP contribution is -2.28. The van der Waals surface area contributed by atoms with Gasteiger partial charge in [-0.3, -0.25) is 11.3 Å². The number of aryl methyl sites for hydroxylation is 2. The molecule has 3 N–H and O–H groups in total. The molecule has 0 saturated heterocycles. The predicted molar refractivity (Wildman–Crippen MR) is 87.6 cm³/mol. The van der Waals surface area contributed by atoms with Crippen LogP contribution in [-0.4, -0.2) is 7.11 Å². The number of halogens is 1. The molecule has 4 heteroatoms. The van der Waals surface area contributed by atoms with E-state index in [1.54, 1.807) is 7.11 Å². The van der Waals surface area contributed by atoms with E-state index in [-0.39, 0.29) is 6.04 Å². The summed E-state index contributed by atoms with van der Waals surface area (Å²) in [7, 11) is 1.65. The molecular formula is C17H21ClN2O. The number of methoxy groups -OCH3 is 1. The molecule has 1 unspecified atom stereocenters. The van der Waals surface area contributed by atoms with Gasteiger partial charge in [0.1, 0.15) is 5.75 Å². The zero-order valence-corrected chi connectivity index (χ0v) is 13.2. The maximum absolute atomic E-state index is 6.09. The Bertz CT molecular complexity index is 601. The molecule has 0 aliphatic heterocycles. The average Bonchev–Trinajstić information content (AvgIpc) is 2.50. The van der Waals surface area contributed by atoms with Crippen molar-refractivity contribution in [1.82, 2.24) is 5.43 Å². The predicted octanol–water partition coefficient (Wildman–Crippen LogP) is 3.79. The summed E-state index contributed by atoms with van der Waals surface area (Å²) < 4.78 is 5.40. The summed E-state index contributed by atoms with van der Waals surface area (Å²) in [6, 6.07) is 14.0. The number of nitrogens with two attached hydrogens (primary N) is 1. The van der Waals surface area contributed by atoms with Crippen LogP contribution in [0.15, 0.2) is 42.5 Å². The van der Waals surface area contributed by atoms with Gasteiger partial charge in [-0.1, -0.05) is 35.9 Å². The summed E-state index contributed by atoms with van der Waals surface area (Å²) in [5.74, 6) is 6.53. The molecule has 21 heavy (non-hydrogen) atoms. The highest BCUT2D eigenvalue weighted by Crippen LogP contribution is 2.30. The third-order valence-corrected chi connectivity index (χ3v) is 3.97. The van der Waals surface area contributed by atoms with E-state index in [0.717, 1.165) is 24.2 Å². The lowest BCUT2D eigenvalue weighted by molar-refractivity contribution is 0.396. The van der Waals surface area contributed by atoms with Crippen molar-refractivity contribution in [3.8, 4) is 5.75 Å². The molecule has 1 atom stereocenters. The largest absolute Gasteiger partial charge is 0.496 e. The van der Waals surface area contributed by atoms with Crippen LogP contribution in [0.4, 0.5) is 0 Å². The normalized spacial score (nSPS) is 12.2. The van der Waals surface area contributed by atoms with Crippen LogP contribution < -0.4 is 16.0 Å². The van der Waals surface area contributed by atoms with Gasteiger partial charge in [-0.2, -0.15) is 0 Å². The van der Waals surface area contributed by atoms with Crippen LogP contribution in [0.3, 0.4) is 0 Å². The van der Waals surface area contributed by atoms with E-state index in [2.05, 4.69) is 36.6 Å². The van der Waals surface area contributed by atoms with Gasteiger partial charge < -0.3 is 4.74 Å². The summed E-state index contributed by atoms with van der Waals surface area (Å²) in [4.78, 5) is 0. The van der Waals surface area contributed by atoms with Gasteiger partial charge >= 0.3 is 0 Å². The second-order valence-electron chi connectivity index (χ2n) is 5.07. The van der Waals surface area contributed by atoms with Gasteiger partial charge in [0.15, 0.2) is 0 Å². The number of hydrazine groups is 1. The first-order chi connectivity index (χ1) is 10.2. The van der Waals surface area contributed by atoms with Crippen LogP contribution in [0, 0.1) is 6.92 Å². The van der Waals surface area contributed by atoms with Crippen molar-refractivity contribution in [2.75, 3.05) is 7.11 Å². The highest BCUT2D eigenvalue weighted by molar-refractivity contribution is 6.30. The van der Waals surface area contributed by atoms with Gasteiger partial charge in [0, 0.05) is 16.6 Å². The first-order valence-corrected chi connectivity index (χ1v) is 7.37. The zero-order chi connectivity index (χ0) is 15.2. The molecule has 2 rings (SSSR count). The summed E-state index contributed by atoms with van der Waals surface area (Å²) in [6.45, 7) is 2.13. The number of hydrogen-bond acceptors (Lipinski definition) is 3. The van der Waals surface area contributed by atoms with Crippen molar-refractivity contribution < 1.29 is 4.74 Å². The molecule has 0 amide bonds. The SMILES string of the molecule is COc1ccc(Cl)cc1C(CCc1ccccc1C)NN. The molecule has 3 nitrogen and oxygen atoms in total. The molecule has 0 aliphatic rings. The fourth-order valence-electron chi connectivity index (χ4n) is 2.50. The molecule has 2 aromatic rings. The minimum atomic E-state index is -0.00161. The third-order valence-electron chi connectivity index (χ3n) is 3.73. The van der Waals surface area contributed by atoms with E-state index in [9.17, 15) is 0 Å². The Balaban J connectivity index is 2.17. The molecule has 0 aliphatic carbocycles. The molecular weight excluding hydrogens is 284 g/mol. The summed E-state index contributed by atoms with van der Waals surface area (Å²) >= 11 is 6.09. The van der Waals surface area contributed by atoms with E-state index >= 15 is 0 Å². The van der Waals surface area contributed by atoms with Crippen LogP contribution in [0.2, 0.25) is 5.02 Å². The summed E-state index contributed by atoms with van der Waals surface area (Å²) in [5.41, 5.74) is 6.49. The Morgan fingerprint density at radius 1 is 1.24 bits per heavy atom. The van der Waals surface area contributed by atoms with Crippen LogP contribution in [0.1, 0.15) is 29.2 Å². The van der Waals surface area contributed by atoms with Crippen molar-refractivity contribution in [2.45, 2.75) is 25.8 Å². The van der Waals surface area contributed by atoms with Crippen molar-refractivity contribution in [3.63, 3.8) is 0 Å². The molecule has 0 radical (unpaired) electrons. The van der Waals surface area contributed by atoms with Gasteiger partial charge in [0.25, 0.3) is 0 Å². The monoisotopic (exact) mass is 304 g/mol. The van der Waals surface area contributed by atoms with Gasteiger partial charge in [0.2, 0.25) is 0 Å². The van der Waals surface area contributed by atoms with Crippen molar-refractivity contribution in [3.05, 3.63) is 64.2 Å². The Kier molecular flexibility index (Phi) is 5.62. The molecule has 0 heterocycles. The minimum absolute atomic E-state index is 0.00161. The van der Waals surface area contributed by atoms with Gasteiger partial charge in [0.05, 0.1) is 7.11 Å². The van der Waals surface area contributed by atoms with E-state index in [4.69, 9.17) is 22.2 Å². The summed E-state index contributed by atoms with van der Waals surface area (Å²) in [5, 5.41) is 0.682. The Hall–Kier alpha value is -1.55. The number of ether oxygens (including phenoxy) is 1. The molecule has 0 aromatic heterocycles. The van der Waals surface area contributed by atoms with Crippen LogP contribution in [-0.2, 0) is 6.42 Å². The fraction of sp³-hybridized carbons (Fsp3) is 0.294. The minimum Gasteiger partial charge on any atom is -0.496 e. The Morgan fingerprint density at radius 2 is 2.00 bits per heavy atom. The lowest BCUT2D eigenvalue weighted by Gasteiger charge is -2.20. The standard InChI is InChI=1S/C17H21ClN2O/c1-12-5-3-4-6-13(12)7-9-16(20-19)15-11-14(18)8-10-17(15)21-2/h3-6,8,10-11,16,20H,7,9,19H2,1-2H3. The quantitative estimate of drug-likeness (QED) is 0.630. The number of hydrogen-bond donors (Lipinski definition) is 2. The highest BCUT2D eigenvalue weighted by atomic mass is 35.5. The third kappa shape index (κ3) is 3.97. The maximum atomic E-state index is 6.09. The molecule has 2 aromatic carbocycles. The Labute approximate surface area is 131 Å². The van der Waals surface area contributed by atoms with Gasteiger partial charge in [-0.15, -0.1) is 0 Å². The van der Waals surface area contributed by atoms with E-state index < -0.39 is 0 Å². The molecule has 0 bridgehead atoms. The van der Waals surface area contributed by atoms with Gasteiger partial charge in [-0.05, 0) is 49.1 Å². The first-order valence-electron chi connectivity index (χ1n) is 6.99. The van der Waals surface area contributed by atoms with E-state index in [1.165, 1.54) is 11.1 Å². The first kappa shape index (κ1) is 15.8. The zero-order valence-electron chi connectivity index (χ0n) is 12.4. The van der Waals surface area contributed by atoms with Crippen LogP contribution >= 0.6 is 11.6 Å². The second-order valence-corrected chi connectivity index (χ2v) is 5.51. The lowest BCUT2D eigenvalue weighted by atomic mass is 9.96. The smallest absolute Gasteiger partial charge is 0.123 e. The second kappa shape index (κ2) is 7.46. The molecule has 0 fully saturated rings. The number of rotatable bonds is 6.